The molecule has 0 heterocycles. The predicted octanol–water partition coefficient (Wildman–Crippen LogP) is -0.720. The van der Waals surface area contributed by atoms with Gasteiger partial charge in [0.25, 0.3) is 0 Å². The van der Waals surface area contributed by atoms with E-state index in [1.54, 1.807) is 0 Å². The Hall–Kier alpha value is -0.480. The zero-order valence-corrected chi connectivity index (χ0v) is 6.57. The molecule has 0 aromatic rings. The van der Waals surface area contributed by atoms with Crippen LogP contribution in [0.3, 0.4) is 0 Å². The maximum atomic E-state index is 10.5. The summed E-state index contributed by atoms with van der Waals surface area (Å²) in [5.74, 6) is -0.784. The summed E-state index contributed by atoms with van der Waals surface area (Å²) in [6.07, 6.45) is -1.67. The fourth-order valence-electron chi connectivity index (χ4n) is 0.451. The Morgan fingerprint density at radius 3 is 2.36 bits per heavy atom. The summed E-state index contributed by atoms with van der Waals surface area (Å²) in [6, 6.07) is 0. The van der Waals surface area contributed by atoms with Gasteiger partial charge in [-0.2, -0.15) is 0 Å². The predicted molar refractivity (Wildman–Crippen MR) is 38.1 cm³/mol. The van der Waals surface area contributed by atoms with Crippen molar-refractivity contribution in [3.63, 3.8) is 0 Å². The summed E-state index contributed by atoms with van der Waals surface area (Å²) in [5, 5.41) is 8.74. The van der Waals surface area contributed by atoms with Crippen molar-refractivity contribution in [2.75, 3.05) is 6.16 Å². The third kappa shape index (κ3) is 4.86. The van der Waals surface area contributed by atoms with Crippen molar-refractivity contribution >= 4 is 13.4 Å². The Morgan fingerprint density at radius 2 is 2.09 bits per heavy atom. The minimum absolute atomic E-state index is 0.784. The third-order valence-electron chi connectivity index (χ3n) is 0.940. The number of rotatable bonds is 4. The van der Waals surface area contributed by atoms with Crippen LogP contribution in [0.2, 0.25) is 0 Å². The van der Waals surface area contributed by atoms with Crippen molar-refractivity contribution in [1.29, 1.82) is 0 Å². The molecule has 0 spiro atoms. The second kappa shape index (κ2) is 3.78. The van der Waals surface area contributed by atoms with E-state index in [0.29, 0.717) is 0 Å². The lowest BCUT2D eigenvalue weighted by Crippen LogP contribution is -2.22. The van der Waals surface area contributed by atoms with Crippen LogP contribution < -0.4 is 0 Å². The highest BCUT2D eigenvalue weighted by Crippen LogP contribution is 2.34. The molecule has 11 heavy (non-hydrogen) atoms. The quantitative estimate of drug-likeness (QED) is 0.392. The molecule has 0 rings (SSSR count). The second-order valence-corrected chi connectivity index (χ2v) is 3.66. The van der Waals surface area contributed by atoms with Gasteiger partial charge in [-0.25, -0.2) is 0 Å². The average Bonchev–Trinajstić information content (AvgIpc) is 1.82. The van der Waals surface area contributed by atoms with Crippen LogP contribution >= 0.6 is 7.60 Å². The number of ketones is 1. The van der Waals surface area contributed by atoms with Crippen LogP contribution in [0.15, 0.2) is 12.7 Å². The molecular weight excluding hydrogens is 171 g/mol. The lowest BCUT2D eigenvalue weighted by atomic mass is 10.3. The second-order valence-electron chi connectivity index (χ2n) is 1.97. The molecule has 0 aliphatic rings. The van der Waals surface area contributed by atoms with Crippen molar-refractivity contribution in [2.24, 2.45) is 0 Å². The van der Waals surface area contributed by atoms with E-state index in [1.807, 2.05) is 0 Å². The molecule has 5 nitrogen and oxygen atoms in total. The van der Waals surface area contributed by atoms with E-state index in [0.717, 1.165) is 6.08 Å². The number of aliphatic hydroxyl groups excluding tert-OH is 1. The van der Waals surface area contributed by atoms with Crippen LogP contribution in [0.1, 0.15) is 0 Å². The first-order chi connectivity index (χ1) is 4.87. The summed E-state index contributed by atoms with van der Waals surface area (Å²) in [4.78, 5) is 27.1. The van der Waals surface area contributed by atoms with Crippen molar-refractivity contribution in [3.05, 3.63) is 12.7 Å². The molecule has 0 aromatic heterocycles. The summed E-state index contributed by atoms with van der Waals surface area (Å²) in [7, 11) is -4.31. The summed E-state index contributed by atoms with van der Waals surface area (Å²) in [5.41, 5.74) is 0. The number of carbonyl (C=O) groups excluding carboxylic acids is 1. The molecule has 1 unspecified atom stereocenters. The minimum Gasteiger partial charge on any atom is -0.384 e. The first-order valence-corrected chi connectivity index (χ1v) is 4.55. The molecule has 6 heteroatoms. The first kappa shape index (κ1) is 10.5. The normalized spacial score (nSPS) is 14.1. The summed E-state index contributed by atoms with van der Waals surface area (Å²) >= 11 is 0. The van der Waals surface area contributed by atoms with Crippen LogP contribution in [0.4, 0.5) is 0 Å². The fraction of sp³-hybridized carbons (Fsp3) is 0.400. The highest BCUT2D eigenvalue weighted by molar-refractivity contribution is 7.51. The van der Waals surface area contributed by atoms with Gasteiger partial charge in [-0.05, 0) is 6.08 Å². The van der Waals surface area contributed by atoms with Gasteiger partial charge in [0.05, 0.1) is 6.16 Å². The van der Waals surface area contributed by atoms with E-state index in [2.05, 4.69) is 6.58 Å². The zero-order valence-electron chi connectivity index (χ0n) is 5.67. The van der Waals surface area contributed by atoms with Crippen LogP contribution in [0.25, 0.3) is 0 Å². The molecule has 0 aliphatic heterocycles. The molecular formula is C5H9O5P. The van der Waals surface area contributed by atoms with E-state index in [9.17, 15) is 9.36 Å². The van der Waals surface area contributed by atoms with Gasteiger partial charge in [-0.1, -0.05) is 6.58 Å². The maximum Gasteiger partial charge on any atom is 0.328 e. The minimum atomic E-state index is -4.31. The van der Waals surface area contributed by atoms with Gasteiger partial charge >= 0.3 is 7.60 Å². The lowest BCUT2D eigenvalue weighted by Gasteiger charge is -2.07. The van der Waals surface area contributed by atoms with E-state index in [1.165, 1.54) is 0 Å². The van der Waals surface area contributed by atoms with E-state index in [-0.39, 0.29) is 0 Å². The Morgan fingerprint density at radius 1 is 1.64 bits per heavy atom. The number of carbonyl (C=O) groups is 1. The summed E-state index contributed by atoms with van der Waals surface area (Å²) in [6.45, 7) is 3.05. The van der Waals surface area contributed by atoms with Gasteiger partial charge in [0.15, 0.2) is 5.78 Å². The molecule has 64 valence electrons. The van der Waals surface area contributed by atoms with Gasteiger partial charge in [0.1, 0.15) is 6.10 Å². The van der Waals surface area contributed by atoms with Gasteiger partial charge in [-0.3, -0.25) is 9.36 Å². The molecule has 0 saturated carbocycles. The Balaban J connectivity index is 4.08. The van der Waals surface area contributed by atoms with Gasteiger partial charge in [-0.15, -0.1) is 0 Å². The monoisotopic (exact) mass is 180 g/mol. The Labute approximate surface area is 63.5 Å². The van der Waals surface area contributed by atoms with Crippen LogP contribution in [0.5, 0.6) is 0 Å². The molecule has 1 atom stereocenters. The molecule has 0 amide bonds. The molecule has 0 aromatic carbocycles. The van der Waals surface area contributed by atoms with Crippen molar-refractivity contribution in [3.8, 4) is 0 Å². The molecule has 0 aliphatic carbocycles. The van der Waals surface area contributed by atoms with Crippen molar-refractivity contribution < 1.29 is 24.3 Å². The smallest absolute Gasteiger partial charge is 0.328 e. The standard InChI is InChI=1S/C5H9O5P/c1-2-4(6)5(7)3-11(8,9)10/h2,5,7H,1,3H2,(H2,8,9,10). The first-order valence-electron chi connectivity index (χ1n) is 2.75. The van der Waals surface area contributed by atoms with Crippen molar-refractivity contribution in [2.45, 2.75) is 6.10 Å². The molecule has 0 saturated heterocycles. The van der Waals surface area contributed by atoms with Crippen LogP contribution in [-0.2, 0) is 9.36 Å². The number of aliphatic hydroxyl groups is 1. The average molecular weight is 180 g/mol. The summed E-state index contributed by atoms with van der Waals surface area (Å²) < 4.78 is 10.2. The van der Waals surface area contributed by atoms with Gasteiger partial charge in [0, 0.05) is 0 Å². The fourth-order valence-corrected chi connectivity index (χ4v) is 1.08. The van der Waals surface area contributed by atoms with E-state index < -0.39 is 25.6 Å². The number of hydrogen-bond donors (Lipinski definition) is 3. The molecule has 0 fully saturated rings. The maximum absolute atomic E-state index is 10.5. The van der Waals surface area contributed by atoms with Crippen LogP contribution in [0, 0.1) is 0 Å². The Bertz CT molecular complexity index is 205. The van der Waals surface area contributed by atoms with Gasteiger partial charge < -0.3 is 14.9 Å². The zero-order chi connectivity index (χ0) is 9.07. The number of hydrogen-bond acceptors (Lipinski definition) is 3. The Kier molecular flexibility index (Phi) is 3.62. The highest BCUT2D eigenvalue weighted by atomic mass is 31.2. The molecule has 3 N–H and O–H groups in total. The lowest BCUT2D eigenvalue weighted by molar-refractivity contribution is -0.121. The van der Waals surface area contributed by atoms with Crippen LogP contribution in [-0.4, -0.2) is 32.9 Å². The van der Waals surface area contributed by atoms with Gasteiger partial charge in [0.2, 0.25) is 0 Å². The van der Waals surface area contributed by atoms with E-state index in [4.69, 9.17) is 14.9 Å². The largest absolute Gasteiger partial charge is 0.384 e. The molecule has 0 bridgehead atoms. The topological polar surface area (TPSA) is 94.8 Å². The highest BCUT2D eigenvalue weighted by Gasteiger charge is 2.23. The SMILES string of the molecule is C=CC(=O)C(O)CP(=O)(O)O. The third-order valence-corrected chi connectivity index (χ3v) is 1.76. The van der Waals surface area contributed by atoms with Crippen molar-refractivity contribution in [1.82, 2.24) is 0 Å². The van der Waals surface area contributed by atoms with E-state index >= 15 is 0 Å². The molecule has 0 radical (unpaired) electrons.